The van der Waals surface area contributed by atoms with Crippen LogP contribution in [0.3, 0.4) is 0 Å². The van der Waals surface area contributed by atoms with E-state index in [2.05, 4.69) is 0 Å². The molecule has 0 radical (unpaired) electrons. The summed E-state index contributed by atoms with van der Waals surface area (Å²) in [5.74, 6) is 1.13. The number of hydrogen-bond donors (Lipinski definition) is 1. The number of hydrogen-bond acceptors (Lipinski definition) is 3. The first-order valence-electron chi connectivity index (χ1n) is 7.55. The van der Waals surface area contributed by atoms with Crippen molar-refractivity contribution in [3.05, 3.63) is 54.4 Å². The minimum atomic E-state index is -0.894. The molecule has 25 heavy (non-hydrogen) atoms. The van der Waals surface area contributed by atoms with Gasteiger partial charge in [-0.15, -0.1) is 0 Å². The van der Waals surface area contributed by atoms with Crippen molar-refractivity contribution in [2.45, 2.75) is 13.2 Å². The predicted octanol–water partition coefficient (Wildman–Crippen LogP) is -0.858. The highest BCUT2D eigenvalue weighted by Crippen LogP contribution is 2.26. The number of rotatable bonds is 6. The predicted molar refractivity (Wildman–Crippen MR) is 88.1 cm³/mol. The molecule has 0 aliphatic heterocycles. The number of benzene rings is 2. The van der Waals surface area contributed by atoms with E-state index in [1.807, 2.05) is 60.1 Å². The lowest BCUT2D eigenvalue weighted by Gasteiger charge is -2.09. The van der Waals surface area contributed by atoms with Crippen LogP contribution in [0, 0.1) is 0 Å². The van der Waals surface area contributed by atoms with Crippen molar-refractivity contribution in [1.29, 1.82) is 0 Å². The van der Waals surface area contributed by atoms with Crippen LogP contribution >= 0.6 is 0 Å². The lowest BCUT2D eigenvalue weighted by atomic mass is 10.3. The number of halogens is 1. The highest BCUT2D eigenvalue weighted by molar-refractivity contribution is 5.75. The standard InChI is InChI=1S/C18H18N2O4.ClH/c1-19-13-7-3-4-8-14(13)20(11-18(21)22)17(19)12-24-16-10-6-5-9-15(16)23-2;/h3-10H,11-12H2,1-2H3;1H. The van der Waals surface area contributed by atoms with Crippen molar-refractivity contribution < 1.29 is 36.3 Å². The van der Waals surface area contributed by atoms with Gasteiger partial charge in [0.15, 0.2) is 35.7 Å². The number of imidazole rings is 1. The van der Waals surface area contributed by atoms with Crippen LogP contribution in [0.2, 0.25) is 0 Å². The fraction of sp³-hybridized carbons (Fsp3) is 0.222. The zero-order chi connectivity index (χ0) is 17.1. The van der Waals surface area contributed by atoms with Crippen LogP contribution in [0.4, 0.5) is 0 Å². The third-order valence-corrected chi connectivity index (χ3v) is 3.95. The highest BCUT2D eigenvalue weighted by Gasteiger charge is 2.24. The molecule has 0 unspecified atom stereocenters. The molecule has 1 N–H and O–H groups in total. The molecule has 0 saturated heterocycles. The smallest absolute Gasteiger partial charge is 0.346 e. The van der Waals surface area contributed by atoms with Gasteiger partial charge in [0.05, 0.1) is 14.2 Å². The topological polar surface area (TPSA) is 64.6 Å². The van der Waals surface area contributed by atoms with Gasteiger partial charge in [-0.1, -0.05) is 24.3 Å². The number of aromatic nitrogens is 2. The zero-order valence-electron chi connectivity index (χ0n) is 14.0. The number of carbonyl (C=O) groups is 1. The van der Waals surface area contributed by atoms with Crippen molar-refractivity contribution in [2.75, 3.05) is 7.11 Å². The van der Waals surface area contributed by atoms with E-state index >= 15 is 0 Å². The molecule has 0 atom stereocenters. The summed E-state index contributed by atoms with van der Waals surface area (Å²) in [6.07, 6.45) is 0. The summed E-state index contributed by atoms with van der Waals surface area (Å²) in [6, 6.07) is 15.1. The molecule has 0 spiro atoms. The molecule has 7 heteroatoms. The fourth-order valence-electron chi connectivity index (χ4n) is 2.80. The first-order chi connectivity index (χ1) is 11.6. The van der Waals surface area contributed by atoms with E-state index in [0.29, 0.717) is 11.5 Å². The highest BCUT2D eigenvalue weighted by atomic mass is 35.5. The van der Waals surface area contributed by atoms with Crippen LogP contribution in [-0.4, -0.2) is 22.8 Å². The molecule has 6 nitrogen and oxygen atoms in total. The second kappa shape index (κ2) is 7.90. The van der Waals surface area contributed by atoms with E-state index in [9.17, 15) is 9.90 Å². The molecule has 3 rings (SSSR count). The maximum absolute atomic E-state index is 11.3. The molecule has 0 aliphatic carbocycles. The second-order valence-corrected chi connectivity index (χ2v) is 5.38. The molecule has 0 fully saturated rings. The van der Waals surface area contributed by atoms with Gasteiger partial charge < -0.3 is 27.0 Å². The van der Waals surface area contributed by atoms with Crippen molar-refractivity contribution in [1.82, 2.24) is 4.57 Å². The Labute approximate surface area is 151 Å². The van der Waals surface area contributed by atoms with Gasteiger partial charge in [0.1, 0.15) is 0 Å². The van der Waals surface area contributed by atoms with Gasteiger partial charge in [0.2, 0.25) is 0 Å². The number of methoxy groups -OCH3 is 1. The van der Waals surface area contributed by atoms with Gasteiger partial charge in [-0.2, -0.15) is 0 Å². The monoisotopic (exact) mass is 362 g/mol. The number of aryl methyl sites for hydroxylation is 1. The first kappa shape index (κ1) is 18.6. The van der Waals surface area contributed by atoms with Crippen molar-refractivity contribution >= 4 is 17.0 Å². The maximum atomic E-state index is 11.3. The summed E-state index contributed by atoms with van der Waals surface area (Å²) in [5.41, 5.74) is 1.82. The summed E-state index contributed by atoms with van der Waals surface area (Å²) in [6.45, 7) is 0.116. The van der Waals surface area contributed by atoms with Crippen LogP contribution in [0.5, 0.6) is 11.5 Å². The molecule has 132 valence electrons. The summed E-state index contributed by atoms with van der Waals surface area (Å²) >= 11 is 0. The van der Waals surface area contributed by atoms with Crippen LogP contribution in [0.15, 0.2) is 48.5 Å². The number of ether oxygens (including phenoxy) is 2. The Bertz CT molecular complexity index is 892. The molecule has 1 heterocycles. The van der Waals surface area contributed by atoms with Gasteiger partial charge >= 0.3 is 5.97 Å². The molecule has 2 aromatic carbocycles. The number of fused-ring (bicyclic) bond motifs is 1. The third kappa shape index (κ3) is 3.69. The minimum absolute atomic E-state index is 0. The average Bonchev–Trinajstić information content (AvgIpc) is 2.85. The Balaban J connectivity index is 0.00000225. The molecule has 1 aromatic heterocycles. The quantitative estimate of drug-likeness (QED) is 0.580. The van der Waals surface area contributed by atoms with E-state index in [-0.39, 0.29) is 25.6 Å². The first-order valence-corrected chi connectivity index (χ1v) is 7.55. The fourth-order valence-corrected chi connectivity index (χ4v) is 2.80. The number of aliphatic carboxylic acids is 1. The van der Waals surface area contributed by atoms with Crippen molar-refractivity contribution in [3.8, 4) is 11.5 Å². The summed E-state index contributed by atoms with van der Waals surface area (Å²) in [7, 11) is 3.49. The molecular formula is C18H19ClN2O4. The molecule has 0 bridgehead atoms. The summed E-state index contributed by atoms with van der Waals surface area (Å²) in [4.78, 5) is 11.3. The SMILES string of the molecule is COc1ccccc1OCc1n(CC(=O)O)c2ccccc2[n+]1C.[Cl-]. The summed E-state index contributed by atoms with van der Waals surface area (Å²) in [5, 5.41) is 9.24. The largest absolute Gasteiger partial charge is 1.00 e. The lowest BCUT2D eigenvalue weighted by molar-refractivity contribution is -0.655. The molecule has 3 aromatic rings. The van der Waals surface area contributed by atoms with Gasteiger partial charge in [-0.25, -0.2) is 13.9 Å². The summed E-state index contributed by atoms with van der Waals surface area (Å²) < 4.78 is 14.9. The van der Waals surface area contributed by atoms with E-state index in [1.54, 1.807) is 11.7 Å². The molecule has 0 saturated carbocycles. The maximum Gasteiger partial charge on any atom is 0.346 e. The van der Waals surface area contributed by atoms with Crippen molar-refractivity contribution in [2.24, 2.45) is 7.05 Å². The Kier molecular flexibility index (Phi) is 5.88. The van der Waals surface area contributed by atoms with Crippen molar-refractivity contribution in [3.63, 3.8) is 0 Å². The van der Waals surface area contributed by atoms with Gasteiger partial charge in [0.25, 0.3) is 5.82 Å². The van der Waals surface area contributed by atoms with E-state index in [4.69, 9.17) is 9.47 Å². The van der Waals surface area contributed by atoms with Crippen LogP contribution in [0.25, 0.3) is 11.0 Å². The number of nitrogens with zero attached hydrogens (tertiary/aromatic N) is 2. The Morgan fingerprint density at radius 2 is 1.76 bits per heavy atom. The van der Waals surface area contributed by atoms with E-state index in [1.165, 1.54) is 0 Å². The third-order valence-electron chi connectivity index (χ3n) is 3.95. The zero-order valence-corrected chi connectivity index (χ0v) is 14.7. The normalized spacial score (nSPS) is 10.3. The Morgan fingerprint density at radius 3 is 2.44 bits per heavy atom. The van der Waals surface area contributed by atoms with Gasteiger partial charge in [-0.05, 0) is 24.3 Å². The van der Waals surface area contributed by atoms with E-state index in [0.717, 1.165) is 16.9 Å². The lowest BCUT2D eigenvalue weighted by Crippen LogP contribution is -3.00. The van der Waals surface area contributed by atoms with Crippen LogP contribution < -0.4 is 26.4 Å². The van der Waals surface area contributed by atoms with Crippen LogP contribution in [0.1, 0.15) is 5.82 Å². The molecule has 0 amide bonds. The van der Waals surface area contributed by atoms with Gasteiger partial charge in [-0.3, -0.25) is 0 Å². The van der Waals surface area contributed by atoms with Crippen LogP contribution in [-0.2, 0) is 25.0 Å². The molecule has 0 aliphatic rings. The minimum Gasteiger partial charge on any atom is -1.00 e. The van der Waals surface area contributed by atoms with E-state index < -0.39 is 5.97 Å². The number of carboxylic acid groups (broad SMARTS) is 1. The molecular weight excluding hydrogens is 344 g/mol. The average molecular weight is 363 g/mol. The van der Waals surface area contributed by atoms with Gasteiger partial charge in [0, 0.05) is 0 Å². The second-order valence-electron chi connectivity index (χ2n) is 5.38. The Morgan fingerprint density at radius 1 is 1.12 bits per heavy atom. The Hall–Kier alpha value is -2.73. The number of para-hydroxylation sites is 4. The number of carboxylic acids is 1.